The van der Waals surface area contributed by atoms with Gasteiger partial charge in [0.05, 0.1) is 36.8 Å². The highest BCUT2D eigenvalue weighted by atomic mass is 35.5. The van der Waals surface area contributed by atoms with Crippen LogP contribution in [0.5, 0.6) is 11.5 Å². The van der Waals surface area contributed by atoms with Crippen LogP contribution in [0.4, 0.5) is 17.1 Å². The van der Waals surface area contributed by atoms with E-state index in [0.29, 0.717) is 33.6 Å². The van der Waals surface area contributed by atoms with E-state index in [4.69, 9.17) is 21.1 Å². The van der Waals surface area contributed by atoms with Gasteiger partial charge in [-0.2, -0.15) is 0 Å². The fraction of sp³-hybridized carbons (Fsp3) is 0.143. The number of ether oxygens (including phenoxy) is 2. The zero-order valence-electron chi connectivity index (χ0n) is 15.7. The van der Waals surface area contributed by atoms with E-state index < -0.39 is 0 Å². The third-order valence-corrected chi connectivity index (χ3v) is 4.44. The molecule has 0 unspecified atom stereocenters. The number of benzene rings is 2. The van der Waals surface area contributed by atoms with E-state index in [1.807, 2.05) is 31.2 Å². The van der Waals surface area contributed by atoms with Crippen molar-refractivity contribution >= 4 is 34.6 Å². The Labute approximate surface area is 168 Å². The molecule has 144 valence electrons. The standard InChI is InChI=1S/C21H20ClN3O3/c1-13-6-4-5-7-16(13)25-21(26)17-9-8-14(12-23-17)24-18-11-19(27-2)15(22)10-20(18)28-3/h4-12,24H,1-3H3,(H,25,26). The van der Waals surface area contributed by atoms with E-state index in [2.05, 4.69) is 15.6 Å². The quantitative estimate of drug-likeness (QED) is 0.608. The number of carbonyl (C=O) groups is 1. The summed E-state index contributed by atoms with van der Waals surface area (Å²) in [6.45, 7) is 1.93. The number of hydrogen-bond acceptors (Lipinski definition) is 5. The maximum Gasteiger partial charge on any atom is 0.274 e. The third kappa shape index (κ3) is 4.35. The molecule has 3 rings (SSSR count). The van der Waals surface area contributed by atoms with Gasteiger partial charge in [0.25, 0.3) is 5.91 Å². The molecule has 0 spiro atoms. The highest BCUT2D eigenvalue weighted by Crippen LogP contribution is 2.37. The number of methoxy groups -OCH3 is 2. The number of aromatic nitrogens is 1. The van der Waals surface area contributed by atoms with Crippen LogP contribution in [-0.2, 0) is 0 Å². The first-order valence-corrected chi connectivity index (χ1v) is 8.91. The van der Waals surface area contributed by atoms with Gasteiger partial charge in [-0.1, -0.05) is 29.8 Å². The van der Waals surface area contributed by atoms with Gasteiger partial charge in [0, 0.05) is 17.8 Å². The zero-order valence-corrected chi connectivity index (χ0v) is 16.5. The number of para-hydroxylation sites is 1. The molecule has 2 N–H and O–H groups in total. The molecule has 0 fully saturated rings. The number of hydrogen-bond donors (Lipinski definition) is 2. The van der Waals surface area contributed by atoms with Crippen molar-refractivity contribution in [3.63, 3.8) is 0 Å². The molecule has 0 atom stereocenters. The number of halogens is 1. The summed E-state index contributed by atoms with van der Waals surface area (Å²) in [5, 5.41) is 6.50. The van der Waals surface area contributed by atoms with Crippen LogP contribution < -0.4 is 20.1 Å². The predicted molar refractivity (Wildman–Crippen MR) is 111 cm³/mol. The van der Waals surface area contributed by atoms with E-state index in [9.17, 15) is 4.79 Å². The molecule has 0 radical (unpaired) electrons. The molecule has 0 saturated carbocycles. The number of amides is 1. The molecular formula is C21H20ClN3O3. The lowest BCUT2D eigenvalue weighted by Crippen LogP contribution is -2.14. The molecule has 0 bridgehead atoms. The van der Waals surface area contributed by atoms with Crippen LogP contribution in [0, 0.1) is 6.92 Å². The van der Waals surface area contributed by atoms with Crippen LogP contribution in [0.1, 0.15) is 16.1 Å². The molecule has 0 aliphatic carbocycles. The first-order chi connectivity index (χ1) is 13.5. The lowest BCUT2D eigenvalue weighted by molar-refractivity contribution is 0.102. The molecule has 1 heterocycles. The molecule has 6 nitrogen and oxygen atoms in total. The smallest absolute Gasteiger partial charge is 0.274 e. The first-order valence-electron chi connectivity index (χ1n) is 8.53. The number of aryl methyl sites for hydroxylation is 1. The van der Waals surface area contributed by atoms with Crippen LogP contribution in [0.25, 0.3) is 0 Å². The summed E-state index contributed by atoms with van der Waals surface area (Å²) in [5.41, 5.74) is 3.42. The minimum atomic E-state index is -0.272. The molecule has 1 amide bonds. The van der Waals surface area contributed by atoms with Gasteiger partial charge in [-0.25, -0.2) is 4.98 Å². The fourth-order valence-electron chi connectivity index (χ4n) is 2.62. The Kier molecular flexibility index (Phi) is 6.01. The number of anilines is 3. The Bertz CT molecular complexity index is 991. The van der Waals surface area contributed by atoms with Gasteiger partial charge in [-0.3, -0.25) is 4.79 Å². The van der Waals surface area contributed by atoms with Crippen molar-refractivity contribution in [2.24, 2.45) is 0 Å². The Morgan fingerprint density at radius 3 is 2.39 bits per heavy atom. The van der Waals surface area contributed by atoms with Crippen molar-refractivity contribution in [2.75, 3.05) is 24.9 Å². The van der Waals surface area contributed by atoms with Crippen LogP contribution in [0.2, 0.25) is 5.02 Å². The molecular weight excluding hydrogens is 378 g/mol. The van der Waals surface area contributed by atoms with Crippen LogP contribution in [-0.4, -0.2) is 25.1 Å². The van der Waals surface area contributed by atoms with E-state index in [1.54, 1.807) is 44.7 Å². The van der Waals surface area contributed by atoms with Gasteiger partial charge in [-0.15, -0.1) is 0 Å². The van der Waals surface area contributed by atoms with Crippen molar-refractivity contribution in [1.82, 2.24) is 4.98 Å². The van der Waals surface area contributed by atoms with E-state index in [0.717, 1.165) is 11.3 Å². The zero-order chi connectivity index (χ0) is 20.1. The second-order valence-electron chi connectivity index (χ2n) is 6.01. The Morgan fingerprint density at radius 1 is 1.00 bits per heavy atom. The van der Waals surface area contributed by atoms with Gasteiger partial charge < -0.3 is 20.1 Å². The van der Waals surface area contributed by atoms with Crippen LogP contribution in [0.15, 0.2) is 54.7 Å². The number of nitrogens with one attached hydrogen (secondary N) is 2. The summed E-state index contributed by atoms with van der Waals surface area (Å²) in [6.07, 6.45) is 1.58. The minimum Gasteiger partial charge on any atom is -0.495 e. The largest absolute Gasteiger partial charge is 0.495 e. The molecule has 28 heavy (non-hydrogen) atoms. The minimum absolute atomic E-state index is 0.272. The Hall–Kier alpha value is -3.25. The van der Waals surface area contributed by atoms with Crippen molar-refractivity contribution in [3.05, 3.63) is 71.0 Å². The summed E-state index contributed by atoms with van der Waals surface area (Å²) in [6, 6.07) is 14.4. The van der Waals surface area contributed by atoms with Gasteiger partial charge in [0.1, 0.15) is 17.2 Å². The summed E-state index contributed by atoms with van der Waals surface area (Å²) < 4.78 is 10.6. The number of nitrogens with zero attached hydrogens (tertiary/aromatic N) is 1. The molecule has 3 aromatic rings. The van der Waals surface area contributed by atoms with Crippen molar-refractivity contribution in [1.29, 1.82) is 0 Å². The van der Waals surface area contributed by atoms with Gasteiger partial charge >= 0.3 is 0 Å². The van der Waals surface area contributed by atoms with E-state index in [1.165, 1.54) is 0 Å². The second-order valence-corrected chi connectivity index (χ2v) is 6.42. The molecule has 7 heteroatoms. The maximum absolute atomic E-state index is 12.4. The van der Waals surface area contributed by atoms with Gasteiger partial charge in [0.15, 0.2) is 0 Å². The highest BCUT2D eigenvalue weighted by molar-refractivity contribution is 6.32. The first kappa shape index (κ1) is 19.5. The van der Waals surface area contributed by atoms with Crippen LogP contribution in [0.3, 0.4) is 0 Å². The highest BCUT2D eigenvalue weighted by Gasteiger charge is 2.12. The topological polar surface area (TPSA) is 72.5 Å². The van der Waals surface area contributed by atoms with Crippen LogP contribution >= 0.6 is 11.6 Å². The maximum atomic E-state index is 12.4. The normalized spacial score (nSPS) is 10.3. The molecule has 0 aliphatic heterocycles. The summed E-state index contributed by atoms with van der Waals surface area (Å²) in [7, 11) is 3.10. The third-order valence-electron chi connectivity index (χ3n) is 4.14. The Balaban J connectivity index is 1.76. The summed E-state index contributed by atoms with van der Waals surface area (Å²) in [5.74, 6) is 0.811. The summed E-state index contributed by atoms with van der Waals surface area (Å²) >= 11 is 6.13. The fourth-order valence-corrected chi connectivity index (χ4v) is 2.85. The van der Waals surface area contributed by atoms with Crippen molar-refractivity contribution in [2.45, 2.75) is 6.92 Å². The molecule has 2 aromatic carbocycles. The van der Waals surface area contributed by atoms with E-state index in [-0.39, 0.29) is 5.91 Å². The van der Waals surface area contributed by atoms with Crippen molar-refractivity contribution in [3.8, 4) is 11.5 Å². The van der Waals surface area contributed by atoms with Crippen molar-refractivity contribution < 1.29 is 14.3 Å². The number of pyridine rings is 1. The molecule has 0 saturated heterocycles. The number of carbonyl (C=O) groups excluding carboxylic acids is 1. The van der Waals surface area contributed by atoms with Gasteiger partial charge in [0.2, 0.25) is 0 Å². The SMILES string of the molecule is COc1cc(Nc2ccc(C(=O)Nc3ccccc3C)nc2)c(OC)cc1Cl. The Morgan fingerprint density at radius 2 is 1.75 bits per heavy atom. The number of rotatable bonds is 6. The predicted octanol–water partition coefficient (Wildman–Crippen LogP) is 5.06. The lowest BCUT2D eigenvalue weighted by atomic mass is 10.2. The average Bonchev–Trinajstić information content (AvgIpc) is 2.71. The van der Waals surface area contributed by atoms with Gasteiger partial charge in [-0.05, 0) is 30.7 Å². The van der Waals surface area contributed by atoms with E-state index >= 15 is 0 Å². The molecule has 0 aliphatic rings. The second kappa shape index (κ2) is 8.63. The average molecular weight is 398 g/mol. The monoisotopic (exact) mass is 397 g/mol. The lowest BCUT2D eigenvalue weighted by Gasteiger charge is -2.14. The summed E-state index contributed by atoms with van der Waals surface area (Å²) in [4.78, 5) is 16.7. The molecule has 1 aromatic heterocycles.